The van der Waals surface area contributed by atoms with Crippen molar-refractivity contribution in [1.82, 2.24) is 5.09 Å². The molecule has 4 aromatic rings. The number of nitrogens with one attached hydrogen (secondary N) is 1. The summed E-state index contributed by atoms with van der Waals surface area (Å²) in [4.78, 5) is 0. The SMILES string of the molecule is CC(C)c1ccc2c(c1)CC[C@H]1[C@@](C)(CN[P@@](=O)(OC3c4ccccc4-c4ccccc43)c3ccccc3)CCC[C@@]21C. The highest BCUT2D eigenvalue weighted by molar-refractivity contribution is 7.65. The fourth-order valence-corrected chi connectivity index (χ4v) is 10.7. The van der Waals surface area contributed by atoms with Gasteiger partial charge >= 0.3 is 7.52 Å². The zero-order valence-electron chi connectivity index (χ0n) is 26.0. The Balaban J connectivity index is 1.21. The van der Waals surface area contributed by atoms with E-state index < -0.39 is 7.52 Å². The summed E-state index contributed by atoms with van der Waals surface area (Å²) >= 11 is 0. The van der Waals surface area contributed by atoms with E-state index in [0.717, 1.165) is 29.3 Å². The highest BCUT2D eigenvalue weighted by Gasteiger charge is 2.52. The molecule has 0 unspecified atom stereocenters. The van der Waals surface area contributed by atoms with E-state index in [-0.39, 0.29) is 16.9 Å². The van der Waals surface area contributed by atoms with Crippen molar-refractivity contribution >= 4 is 12.8 Å². The van der Waals surface area contributed by atoms with Crippen LogP contribution in [-0.4, -0.2) is 6.54 Å². The lowest BCUT2D eigenvalue weighted by Crippen LogP contribution is -2.52. The van der Waals surface area contributed by atoms with Crippen molar-refractivity contribution in [3.63, 3.8) is 0 Å². The maximum atomic E-state index is 15.2. The topological polar surface area (TPSA) is 38.3 Å². The molecule has 7 rings (SSSR count). The first kappa shape index (κ1) is 28.8. The Labute approximate surface area is 257 Å². The van der Waals surface area contributed by atoms with Gasteiger partial charge in [0.1, 0.15) is 6.10 Å². The molecule has 0 spiro atoms. The Bertz CT molecular complexity index is 1650. The molecule has 0 saturated heterocycles. The van der Waals surface area contributed by atoms with E-state index >= 15 is 4.57 Å². The van der Waals surface area contributed by atoms with E-state index in [1.54, 1.807) is 11.1 Å². The molecule has 3 nitrogen and oxygen atoms in total. The van der Waals surface area contributed by atoms with E-state index in [1.165, 1.54) is 36.0 Å². The molecule has 222 valence electrons. The van der Waals surface area contributed by atoms with E-state index in [0.29, 0.717) is 18.4 Å². The highest BCUT2D eigenvalue weighted by atomic mass is 31.2. The lowest BCUT2D eigenvalue weighted by molar-refractivity contribution is 0.0289. The van der Waals surface area contributed by atoms with E-state index in [1.807, 2.05) is 30.3 Å². The Kier molecular flexibility index (Phi) is 7.28. The number of rotatable bonds is 7. The second kappa shape index (κ2) is 10.9. The summed E-state index contributed by atoms with van der Waals surface area (Å²) in [5.74, 6) is 1.05. The lowest BCUT2D eigenvalue weighted by atomic mass is 9.50. The molecule has 3 aliphatic rings. The van der Waals surface area contributed by atoms with Crippen LogP contribution in [0, 0.1) is 11.3 Å². The Hall–Kier alpha value is -2.97. The summed E-state index contributed by atoms with van der Waals surface area (Å²) in [6, 6.07) is 33.9. The zero-order valence-corrected chi connectivity index (χ0v) is 26.9. The van der Waals surface area contributed by atoms with Crippen LogP contribution in [0.4, 0.5) is 0 Å². The molecule has 4 atom stereocenters. The summed E-state index contributed by atoms with van der Waals surface area (Å²) in [7, 11) is -3.44. The van der Waals surface area contributed by atoms with Gasteiger partial charge in [-0.1, -0.05) is 119 Å². The first-order valence-electron chi connectivity index (χ1n) is 16.1. The molecule has 1 fully saturated rings. The fraction of sp³-hybridized carbons (Fsp3) is 0.385. The number of hydrogen-bond acceptors (Lipinski definition) is 2. The molecule has 1 saturated carbocycles. The molecule has 0 aromatic heterocycles. The number of benzene rings is 4. The summed E-state index contributed by atoms with van der Waals surface area (Å²) < 4.78 is 22.1. The van der Waals surface area contributed by atoms with Gasteiger partial charge in [0.2, 0.25) is 0 Å². The predicted octanol–water partition coefficient (Wildman–Crippen LogP) is 9.72. The molecule has 1 N–H and O–H groups in total. The van der Waals surface area contributed by atoms with Gasteiger partial charge in [0, 0.05) is 6.54 Å². The average molecular weight is 590 g/mol. The maximum Gasteiger partial charge on any atom is 0.300 e. The minimum absolute atomic E-state index is 0.000695. The van der Waals surface area contributed by atoms with Crippen molar-refractivity contribution in [2.24, 2.45) is 11.3 Å². The lowest BCUT2D eigenvalue weighted by Gasteiger charge is -2.56. The Morgan fingerprint density at radius 3 is 2.19 bits per heavy atom. The average Bonchev–Trinajstić information content (AvgIpc) is 3.33. The van der Waals surface area contributed by atoms with Crippen molar-refractivity contribution in [3.8, 4) is 11.1 Å². The smallest absolute Gasteiger partial charge is 0.300 e. The third-order valence-corrected chi connectivity index (χ3v) is 13.0. The summed E-state index contributed by atoms with van der Waals surface area (Å²) in [5.41, 5.74) is 9.15. The van der Waals surface area contributed by atoms with Gasteiger partial charge in [0.25, 0.3) is 0 Å². The quantitative estimate of drug-likeness (QED) is 0.218. The van der Waals surface area contributed by atoms with Crippen LogP contribution in [0.25, 0.3) is 11.1 Å². The molecule has 0 radical (unpaired) electrons. The van der Waals surface area contributed by atoms with Crippen LogP contribution >= 0.6 is 7.52 Å². The third-order valence-electron chi connectivity index (χ3n) is 11.0. The summed E-state index contributed by atoms with van der Waals surface area (Å²) in [5, 5.41) is 4.37. The van der Waals surface area contributed by atoms with Gasteiger partial charge in [0.05, 0.1) is 5.30 Å². The van der Waals surface area contributed by atoms with Crippen molar-refractivity contribution in [3.05, 3.63) is 125 Å². The first-order valence-corrected chi connectivity index (χ1v) is 17.8. The highest BCUT2D eigenvalue weighted by Crippen LogP contribution is 2.59. The zero-order chi connectivity index (χ0) is 29.8. The second-order valence-electron chi connectivity index (χ2n) is 14.0. The number of hydrogen-bond donors (Lipinski definition) is 1. The van der Waals surface area contributed by atoms with Crippen LogP contribution in [-0.2, 0) is 20.9 Å². The maximum absolute atomic E-state index is 15.2. The molecule has 0 bridgehead atoms. The molecule has 0 aliphatic heterocycles. The number of aryl methyl sites for hydroxylation is 1. The Morgan fingerprint density at radius 2 is 1.51 bits per heavy atom. The van der Waals surface area contributed by atoms with Crippen LogP contribution in [0.2, 0.25) is 0 Å². The second-order valence-corrected chi connectivity index (χ2v) is 16.1. The molecule has 43 heavy (non-hydrogen) atoms. The van der Waals surface area contributed by atoms with Crippen molar-refractivity contribution in [2.75, 3.05) is 6.54 Å². The van der Waals surface area contributed by atoms with E-state index in [4.69, 9.17) is 4.52 Å². The number of fused-ring (bicyclic) bond motifs is 6. The normalized spacial score (nSPS) is 25.8. The minimum atomic E-state index is -3.44. The van der Waals surface area contributed by atoms with Crippen LogP contribution in [0.5, 0.6) is 0 Å². The molecule has 0 amide bonds. The van der Waals surface area contributed by atoms with Crippen LogP contribution < -0.4 is 10.4 Å². The largest absolute Gasteiger partial charge is 0.301 e. The molecule has 3 aliphatic carbocycles. The standard InChI is InChI=1S/C39H44NO2P/c1-27(2)28-19-21-35-29(25-28)20-22-36-38(3,23-12-24-39(35,36)4)26-40-43(41,30-13-6-5-7-14-30)42-37-33-17-10-8-15-31(33)32-16-9-11-18-34(32)37/h5-11,13-19,21,25,27,36-37H,12,20,22-24,26H2,1-4H3,(H,40,41)/t36-,38+,39-,43-/m0/s1. The van der Waals surface area contributed by atoms with Gasteiger partial charge in [-0.2, -0.15) is 0 Å². The fourth-order valence-electron chi connectivity index (χ4n) is 8.68. The summed E-state index contributed by atoms with van der Waals surface area (Å²) in [6.45, 7) is 10.2. The van der Waals surface area contributed by atoms with Crippen molar-refractivity contribution in [1.29, 1.82) is 0 Å². The van der Waals surface area contributed by atoms with Crippen molar-refractivity contribution in [2.45, 2.75) is 77.2 Å². The van der Waals surface area contributed by atoms with Crippen LogP contribution in [0.1, 0.15) is 93.2 Å². The first-order chi connectivity index (χ1) is 20.7. The molecule has 4 aromatic carbocycles. The third kappa shape index (κ3) is 4.85. The molecular weight excluding hydrogens is 545 g/mol. The van der Waals surface area contributed by atoms with Crippen molar-refractivity contribution < 1.29 is 9.09 Å². The van der Waals surface area contributed by atoms with Gasteiger partial charge in [0.15, 0.2) is 0 Å². The van der Waals surface area contributed by atoms with Gasteiger partial charge in [-0.3, -0.25) is 4.57 Å². The van der Waals surface area contributed by atoms with Gasteiger partial charge in [-0.05, 0) is 99.4 Å². The summed E-state index contributed by atoms with van der Waals surface area (Å²) in [6.07, 6.45) is 5.42. The predicted molar refractivity (Wildman–Crippen MR) is 178 cm³/mol. The molecule has 4 heteroatoms. The van der Waals surface area contributed by atoms with Gasteiger partial charge in [-0.25, -0.2) is 5.09 Å². The van der Waals surface area contributed by atoms with E-state index in [9.17, 15) is 0 Å². The van der Waals surface area contributed by atoms with Gasteiger partial charge < -0.3 is 4.52 Å². The van der Waals surface area contributed by atoms with Gasteiger partial charge in [-0.15, -0.1) is 0 Å². The monoisotopic (exact) mass is 589 g/mol. The van der Waals surface area contributed by atoms with E-state index in [2.05, 4.69) is 99.5 Å². The Morgan fingerprint density at radius 1 is 0.860 bits per heavy atom. The van der Waals surface area contributed by atoms with Crippen LogP contribution in [0.3, 0.4) is 0 Å². The molecule has 0 heterocycles. The minimum Gasteiger partial charge on any atom is -0.301 e. The molecular formula is C39H44NO2P. The van der Waals surface area contributed by atoms with Crippen LogP contribution in [0.15, 0.2) is 97.1 Å².